The first-order valence-electron chi connectivity index (χ1n) is 9.04. The Bertz CT molecular complexity index is 1160. The van der Waals surface area contributed by atoms with Crippen molar-refractivity contribution in [3.63, 3.8) is 0 Å². The van der Waals surface area contributed by atoms with Crippen LogP contribution in [-0.2, 0) is 9.59 Å². The predicted molar refractivity (Wildman–Crippen MR) is 115 cm³/mol. The molecule has 1 aliphatic rings. The van der Waals surface area contributed by atoms with Gasteiger partial charge in [-0.1, -0.05) is 18.2 Å². The van der Waals surface area contributed by atoms with E-state index in [1.165, 1.54) is 25.1 Å². The summed E-state index contributed by atoms with van der Waals surface area (Å²) in [6.45, 7) is 1.38. The van der Waals surface area contributed by atoms with Crippen LogP contribution in [0.2, 0.25) is 0 Å². The lowest BCUT2D eigenvalue weighted by atomic mass is 10.1. The summed E-state index contributed by atoms with van der Waals surface area (Å²) >= 11 is 0.955. The third kappa shape index (κ3) is 5.32. The number of aromatic carboxylic acids is 2. The molecule has 1 aliphatic heterocycles. The summed E-state index contributed by atoms with van der Waals surface area (Å²) in [6, 6.07) is 9.96. The van der Waals surface area contributed by atoms with E-state index >= 15 is 0 Å². The molecule has 0 aliphatic carbocycles. The van der Waals surface area contributed by atoms with Crippen molar-refractivity contribution in [3.8, 4) is 5.75 Å². The van der Waals surface area contributed by atoms with Crippen molar-refractivity contribution in [1.82, 2.24) is 5.32 Å². The number of rotatable bonds is 7. The number of nitrogens with one attached hydrogen (secondary N) is 1. The molecule has 0 saturated carbocycles. The smallest absolute Gasteiger partial charge is 0.344 e. The van der Waals surface area contributed by atoms with Gasteiger partial charge in [-0.05, 0) is 49.0 Å². The molecule has 2 aromatic rings. The van der Waals surface area contributed by atoms with E-state index < -0.39 is 29.9 Å². The van der Waals surface area contributed by atoms with E-state index in [1.54, 1.807) is 24.3 Å². The Balaban J connectivity index is 1.90. The van der Waals surface area contributed by atoms with Crippen LogP contribution >= 0.6 is 11.8 Å². The SMILES string of the molecule is CC(Oc1ccccc1/C=C1\SC(=Nc2cc(C(=O)O)cc(C(=O)O)c2)NC1=O)C(=O)O. The fourth-order valence-electron chi connectivity index (χ4n) is 2.61. The number of carboxylic acid groups (broad SMARTS) is 3. The fraction of sp³-hybridized carbons (Fsp3) is 0.0952. The number of para-hydroxylation sites is 1. The number of amides is 1. The van der Waals surface area contributed by atoms with Gasteiger partial charge in [-0.15, -0.1) is 0 Å². The highest BCUT2D eigenvalue weighted by molar-refractivity contribution is 8.18. The molecule has 164 valence electrons. The van der Waals surface area contributed by atoms with Crippen LogP contribution in [0.1, 0.15) is 33.2 Å². The summed E-state index contributed by atoms with van der Waals surface area (Å²) in [7, 11) is 0. The van der Waals surface area contributed by atoms with Gasteiger partial charge in [0.25, 0.3) is 5.91 Å². The van der Waals surface area contributed by atoms with E-state index in [0.717, 1.165) is 17.8 Å². The van der Waals surface area contributed by atoms with Gasteiger partial charge < -0.3 is 25.4 Å². The van der Waals surface area contributed by atoms with Crippen molar-refractivity contribution in [2.45, 2.75) is 13.0 Å². The van der Waals surface area contributed by atoms with Gasteiger partial charge in [0.05, 0.1) is 21.7 Å². The Morgan fingerprint density at radius 2 is 1.69 bits per heavy atom. The van der Waals surface area contributed by atoms with E-state index in [2.05, 4.69) is 10.3 Å². The molecule has 11 heteroatoms. The first-order chi connectivity index (χ1) is 15.1. The maximum absolute atomic E-state index is 12.4. The quantitative estimate of drug-likeness (QED) is 0.459. The number of hydrogen-bond acceptors (Lipinski definition) is 7. The van der Waals surface area contributed by atoms with Crippen LogP contribution in [-0.4, -0.2) is 50.4 Å². The zero-order valence-electron chi connectivity index (χ0n) is 16.4. The molecule has 1 heterocycles. The second kappa shape index (κ2) is 9.35. The standard InChI is InChI=1S/C21H16N2O8S/c1-10(18(25)26)31-15-5-3-2-4-11(15)9-16-17(24)23-21(32-16)22-14-7-12(19(27)28)6-13(8-14)20(29)30/h2-10H,1H3,(H,25,26)(H,27,28)(H,29,30)(H,22,23,24)/b16-9-. The number of carbonyl (C=O) groups is 4. The van der Waals surface area contributed by atoms with Crippen LogP contribution < -0.4 is 10.1 Å². The molecule has 4 N–H and O–H groups in total. The van der Waals surface area contributed by atoms with Gasteiger partial charge in [-0.2, -0.15) is 0 Å². The largest absolute Gasteiger partial charge is 0.479 e. The Hall–Kier alpha value is -4.12. The van der Waals surface area contributed by atoms with Crippen molar-refractivity contribution < 1.29 is 39.2 Å². The van der Waals surface area contributed by atoms with Crippen LogP contribution in [0.15, 0.2) is 52.4 Å². The first kappa shape index (κ1) is 22.6. The van der Waals surface area contributed by atoms with Crippen molar-refractivity contribution in [2.24, 2.45) is 4.99 Å². The van der Waals surface area contributed by atoms with Crippen molar-refractivity contribution in [1.29, 1.82) is 0 Å². The van der Waals surface area contributed by atoms with Crippen LogP contribution in [0.5, 0.6) is 5.75 Å². The van der Waals surface area contributed by atoms with E-state index in [1.807, 2.05) is 0 Å². The molecule has 0 radical (unpaired) electrons. The number of aliphatic carboxylic acids is 1. The average Bonchev–Trinajstić information content (AvgIpc) is 3.07. The third-order valence-electron chi connectivity index (χ3n) is 4.15. The number of nitrogens with zero attached hydrogens (tertiary/aromatic N) is 1. The van der Waals surface area contributed by atoms with Crippen LogP contribution in [0.4, 0.5) is 5.69 Å². The van der Waals surface area contributed by atoms with Gasteiger partial charge in [0.15, 0.2) is 11.3 Å². The van der Waals surface area contributed by atoms with Crippen molar-refractivity contribution in [3.05, 3.63) is 64.1 Å². The molecule has 3 rings (SSSR count). The molecule has 0 aromatic heterocycles. The van der Waals surface area contributed by atoms with E-state index in [-0.39, 0.29) is 32.6 Å². The lowest BCUT2D eigenvalue weighted by Crippen LogP contribution is -2.23. The highest BCUT2D eigenvalue weighted by Crippen LogP contribution is 2.31. The number of aliphatic imine (C=N–C) groups is 1. The Kier molecular flexibility index (Phi) is 6.59. The van der Waals surface area contributed by atoms with Gasteiger partial charge in [-0.25, -0.2) is 19.4 Å². The zero-order valence-corrected chi connectivity index (χ0v) is 17.3. The number of thioether (sulfide) groups is 1. The molecular weight excluding hydrogens is 440 g/mol. The zero-order chi connectivity index (χ0) is 23.4. The van der Waals surface area contributed by atoms with Crippen LogP contribution in [0, 0.1) is 0 Å². The maximum Gasteiger partial charge on any atom is 0.344 e. The van der Waals surface area contributed by atoms with Gasteiger partial charge in [-0.3, -0.25) is 4.79 Å². The maximum atomic E-state index is 12.4. The molecule has 1 fully saturated rings. The molecule has 0 bridgehead atoms. The number of amidine groups is 1. The van der Waals surface area contributed by atoms with Gasteiger partial charge in [0.2, 0.25) is 0 Å². The summed E-state index contributed by atoms with van der Waals surface area (Å²) in [6.07, 6.45) is 0.407. The van der Waals surface area contributed by atoms with E-state index in [4.69, 9.17) is 9.84 Å². The highest BCUT2D eigenvalue weighted by Gasteiger charge is 2.25. The topological polar surface area (TPSA) is 163 Å². The van der Waals surface area contributed by atoms with E-state index in [9.17, 15) is 29.4 Å². The molecule has 0 spiro atoms. The van der Waals surface area contributed by atoms with Crippen LogP contribution in [0.25, 0.3) is 6.08 Å². The fourth-order valence-corrected chi connectivity index (χ4v) is 3.44. The lowest BCUT2D eigenvalue weighted by Gasteiger charge is -2.12. The summed E-state index contributed by atoms with van der Waals surface area (Å²) in [5.74, 6) is -3.98. The Labute approximate surface area is 185 Å². The number of ether oxygens (including phenoxy) is 1. The van der Waals surface area contributed by atoms with Crippen molar-refractivity contribution >= 4 is 52.5 Å². The molecule has 1 atom stereocenters. The van der Waals surface area contributed by atoms with Crippen LogP contribution in [0.3, 0.4) is 0 Å². The number of hydrogen-bond donors (Lipinski definition) is 4. The Morgan fingerprint density at radius 3 is 2.28 bits per heavy atom. The number of carbonyl (C=O) groups excluding carboxylic acids is 1. The lowest BCUT2D eigenvalue weighted by molar-refractivity contribution is -0.144. The van der Waals surface area contributed by atoms with E-state index in [0.29, 0.717) is 5.56 Å². The second-order valence-corrected chi connectivity index (χ2v) is 7.53. The number of carboxylic acids is 3. The Morgan fingerprint density at radius 1 is 1.06 bits per heavy atom. The summed E-state index contributed by atoms with van der Waals surface area (Å²) < 4.78 is 5.42. The minimum Gasteiger partial charge on any atom is -0.479 e. The summed E-state index contributed by atoms with van der Waals surface area (Å²) in [5, 5.41) is 30.0. The van der Waals surface area contributed by atoms with Crippen molar-refractivity contribution in [2.75, 3.05) is 0 Å². The highest BCUT2D eigenvalue weighted by atomic mass is 32.2. The monoisotopic (exact) mass is 456 g/mol. The second-order valence-electron chi connectivity index (χ2n) is 6.50. The molecule has 1 saturated heterocycles. The third-order valence-corrected chi connectivity index (χ3v) is 5.06. The first-order valence-corrected chi connectivity index (χ1v) is 9.85. The minimum absolute atomic E-state index is 0.0466. The average molecular weight is 456 g/mol. The summed E-state index contributed by atoms with van der Waals surface area (Å²) in [4.78, 5) is 50.3. The normalized spacial score (nSPS) is 16.6. The molecule has 32 heavy (non-hydrogen) atoms. The number of benzene rings is 2. The molecule has 10 nitrogen and oxygen atoms in total. The predicted octanol–water partition coefficient (Wildman–Crippen LogP) is 2.83. The van der Waals surface area contributed by atoms with Gasteiger partial charge in [0.1, 0.15) is 5.75 Å². The van der Waals surface area contributed by atoms with Gasteiger partial charge in [0, 0.05) is 5.56 Å². The van der Waals surface area contributed by atoms with Gasteiger partial charge >= 0.3 is 17.9 Å². The molecule has 1 amide bonds. The molecule has 1 unspecified atom stereocenters. The summed E-state index contributed by atoms with van der Waals surface area (Å²) in [5.41, 5.74) is 0.00633. The molecule has 2 aromatic carbocycles. The minimum atomic E-state index is -1.31. The molecular formula is C21H16N2O8S.